The lowest BCUT2D eigenvalue weighted by atomic mass is 9.95. The summed E-state index contributed by atoms with van der Waals surface area (Å²) in [6, 6.07) is 0. The van der Waals surface area contributed by atoms with Crippen LogP contribution in [-0.4, -0.2) is 41.6 Å². The molecule has 118 valence electrons. The van der Waals surface area contributed by atoms with Gasteiger partial charge in [-0.1, -0.05) is 13.3 Å². The molecule has 1 fully saturated rings. The minimum Gasteiger partial charge on any atom is -0.366 e. The Balaban J connectivity index is 2.54. The van der Waals surface area contributed by atoms with Crippen LogP contribution in [0.1, 0.15) is 60.3 Å². The summed E-state index contributed by atoms with van der Waals surface area (Å²) in [6.45, 7) is 12.5. The van der Waals surface area contributed by atoms with Crippen LogP contribution in [0.15, 0.2) is 0 Å². The molecule has 0 radical (unpaired) electrons. The highest BCUT2D eigenvalue weighted by atomic mass is 16.5. The summed E-state index contributed by atoms with van der Waals surface area (Å²) in [5.74, 6) is 0.830. The van der Waals surface area contributed by atoms with Gasteiger partial charge in [0.1, 0.15) is 0 Å². The molecule has 1 aliphatic heterocycles. The summed E-state index contributed by atoms with van der Waals surface area (Å²) in [5.41, 5.74) is 5.08. The molecule has 4 heteroatoms. The molecule has 0 spiro atoms. The maximum Gasteiger partial charge on any atom is 0.222 e. The van der Waals surface area contributed by atoms with Crippen LogP contribution >= 0.6 is 0 Å². The second-order valence-corrected chi connectivity index (χ2v) is 7.26. The van der Waals surface area contributed by atoms with Crippen LogP contribution in [0.3, 0.4) is 0 Å². The number of rotatable bonds is 6. The Morgan fingerprint density at radius 2 is 1.75 bits per heavy atom. The van der Waals surface area contributed by atoms with Crippen molar-refractivity contribution in [2.45, 2.75) is 71.5 Å². The molecule has 1 unspecified atom stereocenters. The van der Waals surface area contributed by atoms with E-state index in [0.717, 1.165) is 19.3 Å². The molecule has 0 aliphatic carbocycles. The molecular formula is C16H32N2O2. The number of nitrogens with two attached hydrogens (primary N) is 1. The van der Waals surface area contributed by atoms with Crippen LogP contribution < -0.4 is 5.73 Å². The highest BCUT2D eigenvalue weighted by Gasteiger charge is 2.39. The highest BCUT2D eigenvalue weighted by Crippen LogP contribution is 2.28. The van der Waals surface area contributed by atoms with Crippen molar-refractivity contribution < 1.29 is 9.53 Å². The molecule has 20 heavy (non-hydrogen) atoms. The monoisotopic (exact) mass is 284 g/mol. The number of carbonyl (C=O) groups excluding carboxylic acids is 1. The van der Waals surface area contributed by atoms with Gasteiger partial charge in [-0.3, -0.25) is 4.79 Å². The molecule has 1 aliphatic rings. The fraction of sp³-hybridized carbons (Fsp3) is 0.938. The fourth-order valence-electron chi connectivity index (χ4n) is 3.24. The van der Waals surface area contributed by atoms with Crippen LogP contribution in [0, 0.1) is 5.92 Å². The topological polar surface area (TPSA) is 55.6 Å². The van der Waals surface area contributed by atoms with Gasteiger partial charge in [0, 0.05) is 19.5 Å². The third kappa shape index (κ3) is 5.41. The van der Waals surface area contributed by atoms with Crippen molar-refractivity contribution in [2.24, 2.45) is 11.7 Å². The maximum atomic E-state index is 12.4. The predicted molar refractivity (Wildman–Crippen MR) is 82.5 cm³/mol. The Morgan fingerprint density at radius 3 is 2.20 bits per heavy atom. The zero-order valence-electron chi connectivity index (χ0n) is 13.9. The number of ether oxygens (including phenoxy) is 1. The second kappa shape index (κ2) is 6.90. The minimum atomic E-state index is -0.265. The molecule has 0 bridgehead atoms. The smallest absolute Gasteiger partial charge is 0.222 e. The Morgan fingerprint density at radius 1 is 1.20 bits per heavy atom. The van der Waals surface area contributed by atoms with E-state index < -0.39 is 0 Å². The number of nitrogens with zero attached hydrogens (tertiary/aromatic N) is 1. The number of amides is 1. The molecule has 1 heterocycles. The van der Waals surface area contributed by atoms with Gasteiger partial charge in [0.05, 0.1) is 11.2 Å². The van der Waals surface area contributed by atoms with Crippen LogP contribution in [0.4, 0.5) is 0 Å². The predicted octanol–water partition coefficient (Wildman–Crippen LogP) is 2.56. The zero-order valence-corrected chi connectivity index (χ0v) is 13.9. The molecule has 0 aromatic rings. The lowest BCUT2D eigenvalue weighted by Gasteiger charge is -2.47. The van der Waals surface area contributed by atoms with Crippen molar-refractivity contribution in [3.05, 3.63) is 0 Å². The van der Waals surface area contributed by atoms with E-state index >= 15 is 0 Å². The van der Waals surface area contributed by atoms with Crippen molar-refractivity contribution in [3.63, 3.8) is 0 Å². The summed E-state index contributed by atoms with van der Waals surface area (Å²) in [7, 11) is 0. The number of hydrogen-bond acceptors (Lipinski definition) is 3. The molecule has 1 amide bonds. The molecule has 0 aromatic carbocycles. The van der Waals surface area contributed by atoms with Gasteiger partial charge in [-0.2, -0.15) is 0 Å². The molecule has 1 atom stereocenters. The average molecular weight is 284 g/mol. The van der Waals surface area contributed by atoms with Gasteiger partial charge in [-0.05, 0) is 53.0 Å². The van der Waals surface area contributed by atoms with Gasteiger partial charge in [-0.25, -0.2) is 0 Å². The molecule has 4 nitrogen and oxygen atoms in total. The van der Waals surface area contributed by atoms with E-state index in [1.807, 2.05) is 4.90 Å². The largest absolute Gasteiger partial charge is 0.366 e. The maximum absolute atomic E-state index is 12.4. The van der Waals surface area contributed by atoms with Crippen LogP contribution in [0.5, 0.6) is 0 Å². The second-order valence-electron chi connectivity index (χ2n) is 7.26. The van der Waals surface area contributed by atoms with Crippen molar-refractivity contribution in [3.8, 4) is 0 Å². The first-order valence-corrected chi connectivity index (χ1v) is 7.87. The van der Waals surface area contributed by atoms with E-state index in [1.54, 1.807) is 0 Å². The molecule has 1 saturated heterocycles. The van der Waals surface area contributed by atoms with Crippen molar-refractivity contribution >= 4 is 5.91 Å². The van der Waals surface area contributed by atoms with Gasteiger partial charge < -0.3 is 15.4 Å². The summed E-state index contributed by atoms with van der Waals surface area (Å²) >= 11 is 0. The molecule has 2 N–H and O–H groups in total. The Bertz CT molecular complexity index is 310. The number of hydrogen-bond donors (Lipinski definition) is 1. The third-order valence-electron chi connectivity index (χ3n) is 3.97. The van der Waals surface area contributed by atoms with Crippen LogP contribution in [0.2, 0.25) is 0 Å². The standard InChI is InChI=1S/C16H32N2O2/c1-6-13(9-10-17)7-8-14(19)18-11-15(2,3)20-16(4,5)12-18/h13H,6-12,17H2,1-5H3. The summed E-state index contributed by atoms with van der Waals surface area (Å²) in [6.07, 6.45) is 3.70. The summed E-state index contributed by atoms with van der Waals surface area (Å²) in [4.78, 5) is 14.4. The highest BCUT2D eigenvalue weighted by molar-refractivity contribution is 5.76. The van der Waals surface area contributed by atoms with Crippen molar-refractivity contribution in [2.75, 3.05) is 19.6 Å². The van der Waals surface area contributed by atoms with E-state index in [-0.39, 0.29) is 17.1 Å². The van der Waals surface area contributed by atoms with E-state index in [9.17, 15) is 4.79 Å². The number of morpholine rings is 1. The Kier molecular flexibility index (Phi) is 6.02. The van der Waals surface area contributed by atoms with E-state index in [1.165, 1.54) is 0 Å². The lowest BCUT2D eigenvalue weighted by molar-refractivity contribution is -0.188. The van der Waals surface area contributed by atoms with Gasteiger partial charge >= 0.3 is 0 Å². The zero-order chi connectivity index (χ0) is 15.4. The van der Waals surface area contributed by atoms with Crippen LogP contribution in [-0.2, 0) is 9.53 Å². The Hall–Kier alpha value is -0.610. The molecule has 0 saturated carbocycles. The lowest BCUT2D eigenvalue weighted by Crippen LogP contribution is -2.58. The van der Waals surface area contributed by atoms with Gasteiger partial charge in [-0.15, -0.1) is 0 Å². The Labute approximate surface area is 124 Å². The third-order valence-corrected chi connectivity index (χ3v) is 3.97. The first-order chi connectivity index (χ1) is 9.19. The molecule has 0 aromatic heterocycles. The first kappa shape index (κ1) is 17.4. The van der Waals surface area contributed by atoms with E-state index in [4.69, 9.17) is 10.5 Å². The van der Waals surface area contributed by atoms with Gasteiger partial charge in [0.15, 0.2) is 0 Å². The van der Waals surface area contributed by atoms with E-state index in [0.29, 0.717) is 32.0 Å². The summed E-state index contributed by atoms with van der Waals surface area (Å²) in [5, 5.41) is 0. The van der Waals surface area contributed by atoms with Crippen molar-refractivity contribution in [1.29, 1.82) is 0 Å². The van der Waals surface area contributed by atoms with Gasteiger partial charge in [0.2, 0.25) is 5.91 Å². The van der Waals surface area contributed by atoms with E-state index in [2.05, 4.69) is 34.6 Å². The average Bonchev–Trinajstić information content (AvgIpc) is 2.30. The quantitative estimate of drug-likeness (QED) is 0.815. The van der Waals surface area contributed by atoms with Crippen molar-refractivity contribution in [1.82, 2.24) is 4.90 Å². The fourth-order valence-corrected chi connectivity index (χ4v) is 3.24. The van der Waals surface area contributed by atoms with Crippen LogP contribution in [0.25, 0.3) is 0 Å². The molecular weight excluding hydrogens is 252 g/mol. The molecule has 1 rings (SSSR count). The summed E-state index contributed by atoms with van der Waals surface area (Å²) < 4.78 is 6.02. The van der Waals surface area contributed by atoms with Gasteiger partial charge in [0.25, 0.3) is 0 Å². The number of carbonyl (C=O) groups is 1. The normalized spacial score (nSPS) is 22.6. The first-order valence-electron chi connectivity index (χ1n) is 7.87. The SMILES string of the molecule is CCC(CCN)CCC(=O)N1CC(C)(C)OC(C)(C)C1. The minimum absolute atomic E-state index is 0.255.